The third kappa shape index (κ3) is 16.2. The highest BCUT2D eigenvalue weighted by Gasteiger charge is 2.32. The molecule has 3 aromatic rings. The lowest BCUT2D eigenvalue weighted by Crippen LogP contribution is -2.46. The lowest BCUT2D eigenvalue weighted by Gasteiger charge is -2.35. The predicted octanol–water partition coefficient (Wildman–Crippen LogP) is 7.51. The topological polar surface area (TPSA) is 171 Å². The lowest BCUT2D eigenvalue weighted by atomic mass is 9.91. The van der Waals surface area contributed by atoms with Gasteiger partial charge in [0.25, 0.3) is 10.1 Å². The summed E-state index contributed by atoms with van der Waals surface area (Å²) in [6, 6.07) is 15.2. The number of esters is 1. The minimum Gasteiger partial charge on any atom is -0.491 e. The Hall–Kier alpha value is -5.02. The van der Waals surface area contributed by atoms with Crippen molar-refractivity contribution in [2.24, 2.45) is 11.8 Å². The number of benzene rings is 2. The molecule has 344 valence electrons. The minimum absolute atomic E-state index is 0.0275. The van der Waals surface area contributed by atoms with Crippen molar-refractivity contribution in [3.05, 3.63) is 89.2 Å². The van der Waals surface area contributed by atoms with Gasteiger partial charge < -0.3 is 29.3 Å². The maximum Gasteiger partial charge on any atom is 0.410 e. The van der Waals surface area contributed by atoms with Gasteiger partial charge in [-0.2, -0.15) is 8.42 Å². The van der Waals surface area contributed by atoms with Crippen LogP contribution in [0.5, 0.6) is 5.75 Å². The Bertz CT molecular complexity index is 2120. The number of hydrogen-bond donors (Lipinski definition) is 1. The fraction of sp³-hybridized carbons (Fsp3) is 0.562. The summed E-state index contributed by atoms with van der Waals surface area (Å²) in [5.74, 6) is -0.169. The average molecular weight is 891 g/mol. The summed E-state index contributed by atoms with van der Waals surface area (Å²) in [5.41, 5.74) is 2.26. The summed E-state index contributed by atoms with van der Waals surface area (Å²) >= 11 is 0. The molecule has 2 aromatic carbocycles. The molecule has 2 saturated heterocycles. The van der Waals surface area contributed by atoms with Gasteiger partial charge >= 0.3 is 12.1 Å². The van der Waals surface area contributed by atoms with Crippen LogP contribution in [0.25, 0.3) is 0 Å². The number of amides is 3. The van der Waals surface area contributed by atoms with Gasteiger partial charge in [-0.05, 0) is 140 Å². The first kappa shape index (κ1) is 49.0. The number of carbonyl (C=O) groups excluding carboxylic acids is 4. The van der Waals surface area contributed by atoms with Crippen molar-refractivity contribution in [3.8, 4) is 5.75 Å². The standard InChI is InChI=1S/C48H66N4O10S/c1-34-13-18-41(19-14-34)63(57,58)60-27-26-59-40-12-8-10-36(29-40)15-16-37-28-39(32-49-31-37)42(30-44(54)61-47(2,3)4)50-45(55)38-11-9-23-52(33-38)43(53)20-17-35-21-24-51(25-22-35)46(56)62-48(5,6)7/h8,10,12-14,18-19,28-29,31-32,35,38,42H,9,11,15-17,20-27,30,33H2,1-7H3,(H,50,55). The van der Waals surface area contributed by atoms with Gasteiger partial charge in [0.15, 0.2) is 0 Å². The largest absolute Gasteiger partial charge is 0.491 e. The van der Waals surface area contributed by atoms with Crippen LogP contribution in [-0.2, 0) is 51.0 Å². The number of rotatable bonds is 17. The third-order valence-corrected chi connectivity index (χ3v) is 12.3. The summed E-state index contributed by atoms with van der Waals surface area (Å²) in [5, 5.41) is 3.12. The van der Waals surface area contributed by atoms with Crippen LogP contribution in [0, 0.1) is 18.8 Å². The molecule has 0 bridgehead atoms. The van der Waals surface area contributed by atoms with E-state index in [1.54, 1.807) is 61.2 Å². The second kappa shape index (κ2) is 22.1. The summed E-state index contributed by atoms with van der Waals surface area (Å²) < 4.78 is 47.2. The molecule has 63 heavy (non-hydrogen) atoms. The molecule has 2 aliphatic heterocycles. The normalized spacial score (nSPS) is 16.8. The number of nitrogens with zero attached hydrogens (tertiary/aromatic N) is 3. The van der Waals surface area contributed by atoms with Crippen LogP contribution < -0.4 is 10.1 Å². The van der Waals surface area contributed by atoms with E-state index < -0.39 is 39.2 Å². The highest BCUT2D eigenvalue weighted by atomic mass is 32.2. The zero-order valence-electron chi connectivity index (χ0n) is 38.0. The van der Waals surface area contributed by atoms with Crippen molar-refractivity contribution in [1.29, 1.82) is 0 Å². The molecule has 0 radical (unpaired) electrons. The molecule has 1 aromatic heterocycles. The fourth-order valence-corrected chi connectivity index (χ4v) is 8.61. The SMILES string of the molecule is Cc1ccc(S(=O)(=O)OCCOc2cccc(CCc3cncc(C(CC(=O)OC(C)(C)C)NC(=O)C4CCCN(C(=O)CCC5CCN(C(=O)OC(C)(C)C)CC5)C4)c3)c2)cc1. The number of piperidine rings is 2. The Kier molecular flexibility index (Phi) is 17.2. The number of likely N-dealkylation sites (tertiary alicyclic amines) is 2. The van der Waals surface area contributed by atoms with Crippen molar-refractivity contribution in [3.63, 3.8) is 0 Å². The molecule has 5 rings (SSSR count). The number of pyridine rings is 1. The molecule has 3 heterocycles. The molecule has 0 aliphatic carbocycles. The lowest BCUT2D eigenvalue weighted by molar-refractivity contribution is -0.155. The molecule has 2 aliphatic rings. The summed E-state index contributed by atoms with van der Waals surface area (Å²) in [7, 11) is -3.89. The van der Waals surface area contributed by atoms with E-state index in [1.165, 1.54) is 12.1 Å². The van der Waals surface area contributed by atoms with Crippen LogP contribution in [0.2, 0.25) is 0 Å². The highest BCUT2D eigenvalue weighted by Crippen LogP contribution is 2.27. The Morgan fingerprint density at radius 2 is 1.52 bits per heavy atom. The number of carbonyl (C=O) groups is 4. The van der Waals surface area contributed by atoms with E-state index in [1.807, 2.05) is 52.0 Å². The molecule has 2 atom stereocenters. The zero-order chi connectivity index (χ0) is 45.8. The highest BCUT2D eigenvalue weighted by molar-refractivity contribution is 7.86. The van der Waals surface area contributed by atoms with Crippen molar-refractivity contribution < 1.29 is 46.0 Å². The van der Waals surface area contributed by atoms with E-state index in [4.69, 9.17) is 18.4 Å². The smallest absolute Gasteiger partial charge is 0.410 e. The molecule has 3 amide bonds. The molecule has 1 N–H and O–H groups in total. The van der Waals surface area contributed by atoms with Crippen LogP contribution in [0.3, 0.4) is 0 Å². The number of hydrogen-bond acceptors (Lipinski definition) is 11. The van der Waals surface area contributed by atoms with Crippen LogP contribution in [0.15, 0.2) is 71.9 Å². The molecule has 2 fully saturated rings. The first-order valence-corrected chi connectivity index (χ1v) is 23.5. The monoisotopic (exact) mass is 890 g/mol. The number of aromatic nitrogens is 1. The van der Waals surface area contributed by atoms with Gasteiger partial charge in [0, 0.05) is 45.0 Å². The van der Waals surface area contributed by atoms with E-state index in [-0.39, 0.29) is 42.4 Å². The third-order valence-electron chi connectivity index (χ3n) is 11.0. The van der Waals surface area contributed by atoms with Gasteiger partial charge in [0.05, 0.1) is 23.3 Å². The van der Waals surface area contributed by atoms with E-state index in [0.29, 0.717) is 75.5 Å². The molecule has 15 heteroatoms. The van der Waals surface area contributed by atoms with Crippen LogP contribution in [0.4, 0.5) is 4.79 Å². The maximum atomic E-state index is 13.9. The van der Waals surface area contributed by atoms with Gasteiger partial charge in [-0.25, -0.2) is 4.79 Å². The molecular weight excluding hydrogens is 825 g/mol. The van der Waals surface area contributed by atoms with Gasteiger partial charge in [0.1, 0.15) is 30.2 Å². The van der Waals surface area contributed by atoms with E-state index in [9.17, 15) is 27.6 Å². The van der Waals surface area contributed by atoms with Crippen molar-refractivity contribution in [2.45, 2.75) is 128 Å². The summed E-state index contributed by atoms with van der Waals surface area (Å²) in [4.78, 5) is 61.1. The van der Waals surface area contributed by atoms with Gasteiger partial charge in [-0.3, -0.25) is 23.6 Å². The average Bonchev–Trinajstić information content (AvgIpc) is 3.22. The quantitative estimate of drug-likeness (QED) is 0.0808. The fourth-order valence-electron chi connectivity index (χ4n) is 7.72. The Morgan fingerprint density at radius 3 is 2.22 bits per heavy atom. The second-order valence-electron chi connectivity index (χ2n) is 18.7. The van der Waals surface area contributed by atoms with E-state index >= 15 is 0 Å². The van der Waals surface area contributed by atoms with Crippen LogP contribution in [0.1, 0.15) is 115 Å². The first-order valence-electron chi connectivity index (χ1n) is 22.1. The molecule has 2 unspecified atom stereocenters. The Labute approximate surface area is 373 Å². The minimum atomic E-state index is -3.89. The zero-order valence-corrected chi connectivity index (χ0v) is 38.8. The van der Waals surface area contributed by atoms with Gasteiger partial charge in [-0.15, -0.1) is 0 Å². The van der Waals surface area contributed by atoms with Crippen molar-refractivity contribution >= 4 is 34.0 Å². The molecule has 14 nitrogen and oxygen atoms in total. The molecular formula is C48H66N4O10S. The first-order chi connectivity index (χ1) is 29.7. The summed E-state index contributed by atoms with van der Waals surface area (Å²) in [6.45, 7) is 14.9. The number of ether oxygens (including phenoxy) is 3. The Morgan fingerprint density at radius 1 is 0.825 bits per heavy atom. The van der Waals surface area contributed by atoms with Crippen molar-refractivity contribution in [1.82, 2.24) is 20.1 Å². The van der Waals surface area contributed by atoms with E-state index in [2.05, 4.69) is 10.3 Å². The second-order valence-corrected chi connectivity index (χ2v) is 20.3. The van der Waals surface area contributed by atoms with Gasteiger partial charge in [-0.1, -0.05) is 35.9 Å². The van der Waals surface area contributed by atoms with Crippen LogP contribution >= 0.6 is 0 Å². The van der Waals surface area contributed by atoms with E-state index in [0.717, 1.165) is 36.0 Å². The Balaban J connectivity index is 1.14. The summed E-state index contributed by atoms with van der Waals surface area (Å²) in [6.07, 6.45) is 8.35. The molecule has 0 saturated carbocycles. The predicted molar refractivity (Wildman–Crippen MR) is 238 cm³/mol. The molecule has 0 spiro atoms. The van der Waals surface area contributed by atoms with Gasteiger partial charge in [0.2, 0.25) is 11.8 Å². The van der Waals surface area contributed by atoms with Crippen LogP contribution in [-0.4, -0.2) is 97.7 Å². The van der Waals surface area contributed by atoms with Crippen molar-refractivity contribution in [2.75, 3.05) is 39.4 Å². The maximum absolute atomic E-state index is 13.9. The number of aryl methyl sites for hydroxylation is 3. The number of nitrogens with one attached hydrogen (secondary N) is 1.